The van der Waals surface area contributed by atoms with Crippen LogP contribution in [-0.4, -0.2) is 13.2 Å². The summed E-state index contributed by atoms with van der Waals surface area (Å²) in [4.78, 5) is 0. The van der Waals surface area contributed by atoms with Crippen molar-refractivity contribution in [1.29, 1.82) is 0 Å². The van der Waals surface area contributed by atoms with Gasteiger partial charge in [0.05, 0.1) is 6.61 Å². The third kappa shape index (κ3) is 4.17. The maximum atomic E-state index is 5.21. The molecule has 0 saturated heterocycles. The van der Waals surface area contributed by atoms with Gasteiger partial charge in [-0.1, -0.05) is 0 Å². The Labute approximate surface area is 61.2 Å². The van der Waals surface area contributed by atoms with Gasteiger partial charge in [0.1, 0.15) is 0 Å². The quantitative estimate of drug-likeness (QED) is 0.281. The van der Waals surface area contributed by atoms with Gasteiger partial charge in [0.2, 0.25) is 0 Å². The molecule has 4 heteroatoms. The molecule has 0 aliphatic heterocycles. The first-order valence-electron chi connectivity index (χ1n) is 3.30. The first kappa shape index (κ1) is 9.26. The van der Waals surface area contributed by atoms with Crippen molar-refractivity contribution in [3.8, 4) is 0 Å². The molecule has 0 aromatic carbocycles. The van der Waals surface area contributed by atoms with E-state index in [9.17, 15) is 0 Å². The van der Waals surface area contributed by atoms with Gasteiger partial charge in [0, 0.05) is 24.9 Å². The standard InChI is InChI=1S/C6H15N3O/c1-2-10-4-3-6(5-7)9-8/h5,9H,2-4,7-8H2,1H3/b6-5-. The average Bonchev–Trinajstić information content (AvgIpc) is 1.99. The summed E-state index contributed by atoms with van der Waals surface area (Å²) in [5.41, 5.74) is 8.47. The molecule has 0 heterocycles. The lowest BCUT2D eigenvalue weighted by atomic mass is 10.3. The topological polar surface area (TPSA) is 73.3 Å². The van der Waals surface area contributed by atoms with Crippen LogP contribution in [0.3, 0.4) is 0 Å². The van der Waals surface area contributed by atoms with Crippen molar-refractivity contribution in [2.75, 3.05) is 13.2 Å². The molecule has 0 aromatic rings. The van der Waals surface area contributed by atoms with Crippen LogP contribution in [0.2, 0.25) is 0 Å². The molecule has 0 amide bonds. The van der Waals surface area contributed by atoms with Crippen LogP contribution >= 0.6 is 0 Å². The summed E-state index contributed by atoms with van der Waals surface area (Å²) in [5.74, 6) is 5.11. The second kappa shape index (κ2) is 6.38. The maximum absolute atomic E-state index is 5.21. The van der Waals surface area contributed by atoms with Gasteiger partial charge in [-0.25, -0.2) is 0 Å². The predicted molar refractivity (Wildman–Crippen MR) is 40.7 cm³/mol. The van der Waals surface area contributed by atoms with E-state index in [2.05, 4.69) is 5.43 Å². The van der Waals surface area contributed by atoms with Gasteiger partial charge in [-0.15, -0.1) is 0 Å². The van der Waals surface area contributed by atoms with E-state index < -0.39 is 0 Å². The summed E-state index contributed by atoms with van der Waals surface area (Å²) in [6.07, 6.45) is 2.18. The number of hydrogen-bond donors (Lipinski definition) is 3. The van der Waals surface area contributed by atoms with E-state index in [1.165, 1.54) is 6.20 Å². The molecule has 60 valence electrons. The van der Waals surface area contributed by atoms with Crippen LogP contribution in [0.5, 0.6) is 0 Å². The highest BCUT2D eigenvalue weighted by atomic mass is 16.5. The molecule has 0 spiro atoms. The SMILES string of the molecule is CCOCC/C(=C/N)NN. The van der Waals surface area contributed by atoms with Crippen LogP contribution in [0.1, 0.15) is 13.3 Å². The normalized spacial score (nSPS) is 11.6. The lowest BCUT2D eigenvalue weighted by molar-refractivity contribution is 0.149. The van der Waals surface area contributed by atoms with Gasteiger partial charge < -0.3 is 15.9 Å². The Hall–Kier alpha value is -0.740. The molecular weight excluding hydrogens is 130 g/mol. The summed E-state index contributed by atoms with van der Waals surface area (Å²) in [5, 5.41) is 0. The second-order valence-electron chi connectivity index (χ2n) is 1.78. The Kier molecular flexibility index (Phi) is 5.91. The van der Waals surface area contributed by atoms with E-state index in [0.717, 1.165) is 18.7 Å². The van der Waals surface area contributed by atoms with Crippen LogP contribution in [0.15, 0.2) is 11.9 Å². The Morgan fingerprint density at radius 2 is 2.40 bits per heavy atom. The number of nitrogens with two attached hydrogens (primary N) is 2. The first-order chi connectivity index (χ1) is 4.85. The predicted octanol–water partition coefficient (Wildman–Crippen LogP) is -0.324. The number of rotatable bonds is 5. The highest BCUT2D eigenvalue weighted by Gasteiger charge is 1.91. The van der Waals surface area contributed by atoms with Gasteiger partial charge in [0.25, 0.3) is 0 Å². The van der Waals surface area contributed by atoms with Crippen molar-refractivity contribution in [3.63, 3.8) is 0 Å². The Bertz CT molecular complexity index is 103. The van der Waals surface area contributed by atoms with Crippen molar-refractivity contribution in [2.24, 2.45) is 11.6 Å². The zero-order valence-corrected chi connectivity index (χ0v) is 6.26. The van der Waals surface area contributed by atoms with Crippen molar-refractivity contribution in [1.82, 2.24) is 5.43 Å². The van der Waals surface area contributed by atoms with Gasteiger partial charge in [-0.05, 0) is 6.92 Å². The summed E-state index contributed by atoms with van der Waals surface area (Å²) >= 11 is 0. The average molecular weight is 145 g/mol. The number of nitrogens with one attached hydrogen (secondary N) is 1. The third-order valence-corrected chi connectivity index (χ3v) is 1.11. The van der Waals surface area contributed by atoms with Crippen molar-refractivity contribution in [2.45, 2.75) is 13.3 Å². The van der Waals surface area contributed by atoms with Gasteiger partial charge >= 0.3 is 0 Å². The molecule has 0 aromatic heterocycles. The first-order valence-corrected chi connectivity index (χ1v) is 3.30. The molecular formula is C6H15N3O. The molecule has 0 saturated carbocycles. The fourth-order valence-corrected chi connectivity index (χ4v) is 0.530. The molecule has 0 fully saturated rings. The largest absolute Gasteiger partial charge is 0.403 e. The van der Waals surface area contributed by atoms with E-state index in [4.69, 9.17) is 16.3 Å². The molecule has 0 aliphatic carbocycles. The summed E-state index contributed by atoms with van der Waals surface area (Å²) in [6.45, 7) is 3.33. The number of hydrogen-bond acceptors (Lipinski definition) is 4. The van der Waals surface area contributed by atoms with Crippen LogP contribution < -0.4 is 17.0 Å². The molecule has 4 nitrogen and oxygen atoms in total. The lowest BCUT2D eigenvalue weighted by Gasteiger charge is -2.04. The molecule has 0 rings (SSSR count). The molecule has 0 radical (unpaired) electrons. The number of hydrazine groups is 1. The highest BCUT2D eigenvalue weighted by Crippen LogP contribution is 1.92. The third-order valence-electron chi connectivity index (χ3n) is 1.11. The summed E-state index contributed by atoms with van der Waals surface area (Å²) < 4.78 is 5.08. The zero-order chi connectivity index (χ0) is 7.82. The van der Waals surface area contributed by atoms with Gasteiger partial charge in [-0.2, -0.15) is 0 Å². The minimum Gasteiger partial charge on any atom is -0.403 e. The van der Waals surface area contributed by atoms with Crippen LogP contribution in [0, 0.1) is 0 Å². The van der Waals surface area contributed by atoms with E-state index in [0.29, 0.717) is 6.61 Å². The summed E-state index contributed by atoms with van der Waals surface area (Å²) in [7, 11) is 0. The smallest absolute Gasteiger partial charge is 0.0521 e. The maximum Gasteiger partial charge on any atom is 0.0521 e. The Balaban J connectivity index is 3.27. The number of ether oxygens (including phenoxy) is 1. The molecule has 0 bridgehead atoms. The van der Waals surface area contributed by atoms with E-state index in [1.54, 1.807) is 0 Å². The van der Waals surface area contributed by atoms with Crippen LogP contribution in [-0.2, 0) is 4.74 Å². The van der Waals surface area contributed by atoms with Gasteiger partial charge in [0.15, 0.2) is 0 Å². The minimum atomic E-state index is 0.656. The van der Waals surface area contributed by atoms with Crippen molar-refractivity contribution < 1.29 is 4.74 Å². The molecule has 0 aliphatic rings. The van der Waals surface area contributed by atoms with E-state index in [-0.39, 0.29) is 0 Å². The highest BCUT2D eigenvalue weighted by molar-refractivity contribution is 4.94. The molecule has 10 heavy (non-hydrogen) atoms. The molecule has 0 atom stereocenters. The Morgan fingerprint density at radius 1 is 1.70 bits per heavy atom. The monoisotopic (exact) mass is 145 g/mol. The lowest BCUT2D eigenvalue weighted by Crippen LogP contribution is -2.23. The van der Waals surface area contributed by atoms with Crippen molar-refractivity contribution >= 4 is 0 Å². The Morgan fingerprint density at radius 3 is 2.80 bits per heavy atom. The van der Waals surface area contributed by atoms with Gasteiger partial charge in [-0.3, -0.25) is 5.84 Å². The molecule has 0 unspecified atom stereocenters. The fourth-order valence-electron chi connectivity index (χ4n) is 0.530. The fraction of sp³-hybridized carbons (Fsp3) is 0.667. The van der Waals surface area contributed by atoms with Crippen LogP contribution in [0.4, 0.5) is 0 Å². The zero-order valence-electron chi connectivity index (χ0n) is 6.26. The van der Waals surface area contributed by atoms with E-state index >= 15 is 0 Å². The van der Waals surface area contributed by atoms with Crippen molar-refractivity contribution in [3.05, 3.63) is 11.9 Å². The second-order valence-corrected chi connectivity index (χ2v) is 1.78. The van der Waals surface area contributed by atoms with Crippen LogP contribution in [0.25, 0.3) is 0 Å². The minimum absolute atomic E-state index is 0.656. The van der Waals surface area contributed by atoms with E-state index in [1.807, 2.05) is 6.92 Å². The summed E-state index contributed by atoms with van der Waals surface area (Å²) in [6, 6.07) is 0. The molecule has 5 N–H and O–H groups in total.